The molecule has 8 nitrogen and oxygen atoms in total. The molecule has 0 bridgehead atoms. The number of aromatic nitrogens is 5. The molecule has 3 aromatic rings. The number of hydrogen-bond acceptors (Lipinski definition) is 4. The van der Waals surface area contributed by atoms with Crippen molar-refractivity contribution in [1.29, 1.82) is 0 Å². The normalized spacial score (nSPS) is 12.6. The van der Waals surface area contributed by atoms with Gasteiger partial charge in [-0.15, -0.1) is 5.10 Å². The van der Waals surface area contributed by atoms with Crippen LogP contribution < -0.4 is 10.6 Å². The number of rotatable bonds is 6. The van der Waals surface area contributed by atoms with Gasteiger partial charge in [0.15, 0.2) is 0 Å². The first-order chi connectivity index (χ1) is 12.9. The van der Waals surface area contributed by atoms with Gasteiger partial charge in [-0.2, -0.15) is 0 Å². The van der Waals surface area contributed by atoms with Crippen molar-refractivity contribution in [1.82, 2.24) is 29.6 Å². The summed E-state index contributed by atoms with van der Waals surface area (Å²) in [5.74, 6) is 0.277. The third-order valence-corrected chi connectivity index (χ3v) is 4.25. The standard InChI is InChI=1S/C19H25N7O/c1-19(2,3)16(12-25-10-9-20-13-25)22-18(27)23-17-21-14-26(24-17)11-15-7-5-4-6-8-15/h4-10,13-14,16H,11-12H2,1-3H3,(H2,22,23,24,27)/t16-/m0/s1. The van der Waals surface area contributed by atoms with Crippen LogP contribution in [0.3, 0.4) is 0 Å². The second-order valence-electron chi connectivity index (χ2n) is 7.53. The summed E-state index contributed by atoms with van der Waals surface area (Å²) in [6.45, 7) is 7.49. The molecular weight excluding hydrogens is 342 g/mol. The van der Waals surface area contributed by atoms with E-state index >= 15 is 0 Å². The molecule has 3 rings (SSSR count). The molecular formula is C19H25N7O. The highest BCUT2D eigenvalue weighted by Crippen LogP contribution is 2.21. The SMILES string of the molecule is CC(C)(C)[C@H](Cn1ccnc1)NC(=O)Nc1ncn(Cc2ccccc2)n1. The predicted molar refractivity (Wildman–Crippen MR) is 103 cm³/mol. The molecule has 0 aliphatic heterocycles. The van der Waals surface area contributed by atoms with E-state index in [1.165, 1.54) is 0 Å². The van der Waals surface area contributed by atoms with Crippen molar-refractivity contribution in [2.45, 2.75) is 39.9 Å². The van der Waals surface area contributed by atoms with Crippen LogP contribution >= 0.6 is 0 Å². The summed E-state index contributed by atoms with van der Waals surface area (Å²) < 4.78 is 3.64. The Kier molecular flexibility index (Phi) is 5.54. The first-order valence-electron chi connectivity index (χ1n) is 8.87. The maximum absolute atomic E-state index is 12.4. The number of urea groups is 1. The van der Waals surface area contributed by atoms with Crippen LogP contribution in [-0.2, 0) is 13.1 Å². The van der Waals surface area contributed by atoms with Gasteiger partial charge < -0.3 is 9.88 Å². The summed E-state index contributed by atoms with van der Waals surface area (Å²) in [4.78, 5) is 20.6. The minimum absolute atomic E-state index is 0.0851. The molecule has 142 valence electrons. The molecule has 1 aromatic carbocycles. The molecule has 0 saturated heterocycles. The van der Waals surface area contributed by atoms with Gasteiger partial charge in [-0.1, -0.05) is 51.1 Å². The number of benzene rings is 1. The van der Waals surface area contributed by atoms with Crippen LogP contribution in [-0.4, -0.2) is 36.4 Å². The van der Waals surface area contributed by atoms with E-state index in [2.05, 4.69) is 46.5 Å². The highest BCUT2D eigenvalue weighted by molar-refractivity contribution is 5.87. The molecule has 0 fully saturated rings. The number of carbonyl (C=O) groups excluding carboxylic acids is 1. The number of anilines is 1. The van der Waals surface area contributed by atoms with Crippen LogP contribution in [0.2, 0.25) is 0 Å². The van der Waals surface area contributed by atoms with Crippen molar-refractivity contribution in [3.63, 3.8) is 0 Å². The zero-order valence-corrected chi connectivity index (χ0v) is 15.8. The van der Waals surface area contributed by atoms with Crippen molar-refractivity contribution < 1.29 is 4.79 Å². The molecule has 2 amide bonds. The predicted octanol–water partition coefficient (Wildman–Crippen LogP) is 2.76. The summed E-state index contributed by atoms with van der Waals surface area (Å²) in [7, 11) is 0. The van der Waals surface area contributed by atoms with Crippen LogP contribution in [0.25, 0.3) is 0 Å². The highest BCUT2D eigenvalue weighted by atomic mass is 16.2. The fourth-order valence-corrected chi connectivity index (χ4v) is 2.64. The number of imidazole rings is 1. The van der Waals surface area contributed by atoms with Gasteiger partial charge in [0.2, 0.25) is 5.95 Å². The Hall–Kier alpha value is -3.16. The molecule has 8 heteroatoms. The Balaban J connectivity index is 1.59. The van der Waals surface area contributed by atoms with E-state index in [1.54, 1.807) is 23.5 Å². The van der Waals surface area contributed by atoms with E-state index in [0.717, 1.165) is 5.56 Å². The molecule has 0 unspecified atom stereocenters. The van der Waals surface area contributed by atoms with Crippen molar-refractivity contribution in [3.8, 4) is 0 Å². The molecule has 2 aromatic heterocycles. The largest absolute Gasteiger partial charge is 0.335 e. The summed E-state index contributed by atoms with van der Waals surface area (Å²) in [6, 6.07) is 9.55. The van der Waals surface area contributed by atoms with Crippen molar-refractivity contribution >= 4 is 12.0 Å². The lowest BCUT2D eigenvalue weighted by molar-refractivity contribution is 0.218. The lowest BCUT2D eigenvalue weighted by Gasteiger charge is -2.31. The number of nitrogens with one attached hydrogen (secondary N) is 2. The molecule has 1 atom stereocenters. The summed E-state index contributed by atoms with van der Waals surface area (Å²) >= 11 is 0. The lowest BCUT2D eigenvalue weighted by Crippen LogP contribution is -2.48. The smallest absolute Gasteiger partial charge is 0.321 e. The fraction of sp³-hybridized carbons (Fsp3) is 0.368. The highest BCUT2D eigenvalue weighted by Gasteiger charge is 2.27. The zero-order valence-electron chi connectivity index (χ0n) is 15.8. The van der Waals surface area contributed by atoms with Crippen LogP contribution in [0.5, 0.6) is 0 Å². The minimum atomic E-state index is -0.326. The molecule has 0 saturated carbocycles. The molecule has 0 radical (unpaired) electrons. The molecule has 0 spiro atoms. The third-order valence-electron chi connectivity index (χ3n) is 4.25. The zero-order chi connectivity index (χ0) is 19.3. The quantitative estimate of drug-likeness (QED) is 0.701. The van der Waals surface area contributed by atoms with E-state index in [0.29, 0.717) is 13.1 Å². The average molecular weight is 367 g/mol. The average Bonchev–Trinajstić information content (AvgIpc) is 3.26. The first-order valence-corrected chi connectivity index (χ1v) is 8.87. The second-order valence-corrected chi connectivity index (χ2v) is 7.53. The van der Waals surface area contributed by atoms with E-state index in [9.17, 15) is 4.79 Å². The van der Waals surface area contributed by atoms with Crippen LogP contribution in [0, 0.1) is 5.41 Å². The molecule has 27 heavy (non-hydrogen) atoms. The third kappa shape index (κ3) is 5.40. The Bertz CT molecular complexity index is 850. The van der Waals surface area contributed by atoms with E-state index in [4.69, 9.17) is 0 Å². The number of carbonyl (C=O) groups is 1. The Labute approximate surface area is 158 Å². The van der Waals surface area contributed by atoms with Gasteiger partial charge in [0.25, 0.3) is 0 Å². The van der Waals surface area contributed by atoms with Gasteiger partial charge in [-0.05, 0) is 11.0 Å². The summed E-state index contributed by atoms with van der Waals surface area (Å²) in [5.41, 5.74) is 0.994. The van der Waals surface area contributed by atoms with Crippen LogP contribution in [0.4, 0.5) is 10.7 Å². The van der Waals surface area contributed by atoms with E-state index < -0.39 is 0 Å². The van der Waals surface area contributed by atoms with Crippen molar-refractivity contribution in [2.75, 3.05) is 5.32 Å². The molecule has 2 N–H and O–H groups in total. The van der Waals surface area contributed by atoms with Gasteiger partial charge in [0.05, 0.1) is 18.9 Å². The van der Waals surface area contributed by atoms with Crippen molar-refractivity contribution in [2.24, 2.45) is 5.41 Å². The second kappa shape index (κ2) is 8.03. The van der Waals surface area contributed by atoms with Crippen LogP contribution in [0.1, 0.15) is 26.3 Å². The molecule has 0 aliphatic carbocycles. The first kappa shape index (κ1) is 18.6. The molecule has 2 heterocycles. The van der Waals surface area contributed by atoms with Gasteiger partial charge in [-0.25, -0.2) is 19.4 Å². The fourth-order valence-electron chi connectivity index (χ4n) is 2.64. The topological polar surface area (TPSA) is 89.7 Å². The van der Waals surface area contributed by atoms with Gasteiger partial charge in [-0.3, -0.25) is 5.32 Å². The lowest BCUT2D eigenvalue weighted by atomic mass is 9.86. The minimum Gasteiger partial charge on any atom is -0.335 e. The molecule has 0 aliphatic rings. The summed E-state index contributed by atoms with van der Waals surface area (Å²) in [5, 5.41) is 10.0. The Morgan fingerprint density at radius 3 is 2.63 bits per heavy atom. The monoisotopic (exact) mass is 367 g/mol. The number of amides is 2. The van der Waals surface area contributed by atoms with Crippen molar-refractivity contribution in [3.05, 3.63) is 60.9 Å². The van der Waals surface area contributed by atoms with E-state index in [-0.39, 0.29) is 23.4 Å². The maximum Gasteiger partial charge on any atom is 0.321 e. The Morgan fingerprint density at radius 2 is 1.96 bits per heavy atom. The van der Waals surface area contributed by atoms with Crippen LogP contribution in [0.15, 0.2) is 55.4 Å². The van der Waals surface area contributed by atoms with Gasteiger partial charge >= 0.3 is 6.03 Å². The van der Waals surface area contributed by atoms with E-state index in [1.807, 2.05) is 41.1 Å². The Morgan fingerprint density at radius 1 is 1.19 bits per heavy atom. The summed E-state index contributed by atoms with van der Waals surface area (Å²) in [6.07, 6.45) is 6.95. The maximum atomic E-state index is 12.4. The number of hydrogen-bond donors (Lipinski definition) is 2. The van der Waals surface area contributed by atoms with Gasteiger partial charge in [0, 0.05) is 18.9 Å². The number of nitrogens with zero attached hydrogens (tertiary/aromatic N) is 5. The van der Waals surface area contributed by atoms with Gasteiger partial charge in [0.1, 0.15) is 6.33 Å².